The lowest BCUT2D eigenvalue weighted by molar-refractivity contribution is -0.121. The number of nitrogens with zero attached hydrogens (tertiary/aromatic N) is 1. The fourth-order valence-corrected chi connectivity index (χ4v) is 3.78. The molecule has 0 aromatic heterocycles. The lowest BCUT2D eigenvalue weighted by Crippen LogP contribution is -2.41. The molecule has 0 bridgehead atoms. The standard InChI is InChI=1S/C22H25BrN2O4/c1-14-4-5-17(23)12-20(14)24-21(26)15-6-8-25(9-7-15)22(27)16-10-18(28-2)13-19(11-16)29-3/h4-5,10-13,15H,6-9H2,1-3H3,(H,24,26). The maximum atomic E-state index is 12.9. The van der Waals surface area contributed by atoms with Crippen LogP contribution in [0.3, 0.4) is 0 Å². The van der Waals surface area contributed by atoms with Crippen LogP contribution in [0.1, 0.15) is 28.8 Å². The highest BCUT2D eigenvalue weighted by atomic mass is 79.9. The normalized spacial score (nSPS) is 14.4. The first-order chi connectivity index (χ1) is 13.9. The predicted molar refractivity (Wildman–Crippen MR) is 116 cm³/mol. The molecule has 0 unspecified atom stereocenters. The molecule has 0 aliphatic carbocycles. The number of aryl methyl sites for hydroxylation is 1. The summed E-state index contributed by atoms with van der Waals surface area (Å²) in [7, 11) is 3.11. The number of anilines is 1. The van der Waals surface area contributed by atoms with Crippen molar-refractivity contribution in [3.05, 3.63) is 52.0 Å². The number of benzene rings is 2. The fourth-order valence-electron chi connectivity index (χ4n) is 3.42. The molecule has 7 heteroatoms. The summed E-state index contributed by atoms with van der Waals surface area (Å²) < 4.78 is 11.4. The van der Waals surface area contributed by atoms with E-state index in [2.05, 4.69) is 21.2 Å². The second-order valence-electron chi connectivity index (χ2n) is 7.12. The summed E-state index contributed by atoms with van der Waals surface area (Å²) >= 11 is 3.44. The zero-order valence-corrected chi connectivity index (χ0v) is 18.4. The van der Waals surface area contributed by atoms with Crippen molar-refractivity contribution < 1.29 is 19.1 Å². The van der Waals surface area contributed by atoms with Crippen molar-refractivity contribution in [2.24, 2.45) is 5.92 Å². The van der Waals surface area contributed by atoms with Crippen LogP contribution >= 0.6 is 15.9 Å². The van der Waals surface area contributed by atoms with Gasteiger partial charge in [0.25, 0.3) is 5.91 Å². The molecular formula is C22H25BrN2O4. The molecule has 1 fully saturated rings. The Kier molecular flexibility index (Phi) is 6.79. The molecule has 0 radical (unpaired) electrons. The van der Waals surface area contributed by atoms with Crippen molar-refractivity contribution in [2.75, 3.05) is 32.6 Å². The number of methoxy groups -OCH3 is 2. The van der Waals surface area contributed by atoms with Gasteiger partial charge in [-0.3, -0.25) is 9.59 Å². The lowest BCUT2D eigenvalue weighted by atomic mass is 9.95. The van der Waals surface area contributed by atoms with E-state index in [1.165, 1.54) is 0 Å². The zero-order chi connectivity index (χ0) is 21.0. The van der Waals surface area contributed by atoms with Crippen molar-refractivity contribution in [3.63, 3.8) is 0 Å². The molecule has 1 heterocycles. The number of likely N-dealkylation sites (tertiary alicyclic amines) is 1. The third kappa shape index (κ3) is 5.09. The van der Waals surface area contributed by atoms with E-state index in [9.17, 15) is 9.59 Å². The van der Waals surface area contributed by atoms with Gasteiger partial charge in [-0.05, 0) is 49.6 Å². The van der Waals surface area contributed by atoms with Crippen LogP contribution in [0.25, 0.3) is 0 Å². The van der Waals surface area contributed by atoms with Crippen LogP contribution in [0.5, 0.6) is 11.5 Å². The largest absolute Gasteiger partial charge is 0.497 e. The zero-order valence-electron chi connectivity index (χ0n) is 16.8. The Morgan fingerprint density at radius 1 is 1.03 bits per heavy atom. The Morgan fingerprint density at radius 3 is 2.24 bits per heavy atom. The highest BCUT2D eigenvalue weighted by Crippen LogP contribution is 2.27. The van der Waals surface area contributed by atoms with Crippen LogP contribution in [0.2, 0.25) is 0 Å². The predicted octanol–water partition coefficient (Wildman–Crippen LogP) is 4.27. The molecule has 1 saturated heterocycles. The van der Waals surface area contributed by atoms with Crippen LogP contribution < -0.4 is 14.8 Å². The Labute approximate surface area is 179 Å². The molecular weight excluding hydrogens is 436 g/mol. The molecule has 6 nitrogen and oxygen atoms in total. The Morgan fingerprint density at radius 2 is 1.66 bits per heavy atom. The van der Waals surface area contributed by atoms with E-state index in [-0.39, 0.29) is 17.7 Å². The van der Waals surface area contributed by atoms with E-state index in [1.807, 2.05) is 25.1 Å². The maximum absolute atomic E-state index is 12.9. The highest BCUT2D eigenvalue weighted by molar-refractivity contribution is 9.10. The molecule has 1 aliphatic rings. The Balaban J connectivity index is 1.62. The first-order valence-corrected chi connectivity index (χ1v) is 10.3. The number of hydrogen-bond donors (Lipinski definition) is 1. The van der Waals surface area contributed by atoms with E-state index in [4.69, 9.17) is 9.47 Å². The van der Waals surface area contributed by atoms with Crippen LogP contribution in [-0.4, -0.2) is 44.0 Å². The number of carbonyl (C=O) groups is 2. The number of amides is 2. The average molecular weight is 461 g/mol. The van der Waals surface area contributed by atoms with E-state index < -0.39 is 0 Å². The van der Waals surface area contributed by atoms with Gasteiger partial charge in [-0.2, -0.15) is 0 Å². The molecule has 0 spiro atoms. The number of hydrogen-bond acceptors (Lipinski definition) is 4. The quantitative estimate of drug-likeness (QED) is 0.723. The van der Waals surface area contributed by atoms with E-state index >= 15 is 0 Å². The molecule has 1 aliphatic heterocycles. The monoisotopic (exact) mass is 460 g/mol. The number of halogens is 1. The summed E-state index contributed by atoms with van der Waals surface area (Å²) in [5, 5.41) is 3.02. The molecule has 2 amide bonds. The number of carbonyl (C=O) groups excluding carboxylic acids is 2. The number of rotatable bonds is 5. The summed E-state index contributed by atoms with van der Waals surface area (Å²) in [6.45, 7) is 3.04. The summed E-state index contributed by atoms with van der Waals surface area (Å²) in [6, 6.07) is 11.0. The van der Waals surface area contributed by atoms with Gasteiger partial charge < -0.3 is 19.7 Å². The molecule has 3 rings (SSSR count). The summed E-state index contributed by atoms with van der Waals surface area (Å²) in [5.74, 6) is 0.959. The second-order valence-corrected chi connectivity index (χ2v) is 8.03. The minimum Gasteiger partial charge on any atom is -0.497 e. The van der Waals surface area contributed by atoms with Gasteiger partial charge in [-0.25, -0.2) is 0 Å². The van der Waals surface area contributed by atoms with Gasteiger partial charge in [0.15, 0.2) is 0 Å². The van der Waals surface area contributed by atoms with E-state index in [0.717, 1.165) is 15.7 Å². The van der Waals surface area contributed by atoms with Crippen molar-refractivity contribution in [2.45, 2.75) is 19.8 Å². The van der Waals surface area contributed by atoms with Crippen molar-refractivity contribution in [1.29, 1.82) is 0 Å². The fraction of sp³-hybridized carbons (Fsp3) is 0.364. The lowest BCUT2D eigenvalue weighted by Gasteiger charge is -2.31. The molecule has 29 heavy (non-hydrogen) atoms. The SMILES string of the molecule is COc1cc(OC)cc(C(=O)N2CCC(C(=O)Nc3cc(Br)ccc3C)CC2)c1. The second kappa shape index (κ2) is 9.31. The Hall–Kier alpha value is -2.54. The van der Waals surface area contributed by atoms with Crippen LogP contribution in [0.4, 0.5) is 5.69 Å². The topological polar surface area (TPSA) is 67.9 Å². The molecule has 0 saturated carbocycles. The smallest absolute Gasteiger partial charge is 0.254 e. The van der Waals surface area contributed by atoms with Gasteiger partial charge in [0.05, 0.1) is 14.2 Å². The van der Waals surface area contributed by atoms with Gasteiger partial charge in [-0.1, -0.05) is 22.0 Å². The van der Waals surface area contributed by atoms with Gasteiger partial charge in [-0.15, -0.1) is 0 Å². The molecule has 154 valence electrons. The third-order valence-corrected chi connectivity index (χ3v) is 5.70. The van der Waals surface area contributed by atoms with Crippen molar-refractivity contribution >= 4 is 33.4 Å². The highest BCUT2D eigenvalue weighted by Gasteiger charge is 2.28. The summed E-state index contributed by atoms with van der Waals surface area (Å²) in [6.07, 6.45) is 1.26. The van der Waals surface area contributed by atoms with Crippen molar-refractivity contribution in [1.82, 2.24) is 4.90 Å². The number of nitrogens with one attached hydrogen (secondary N) is 1. The Bertz CT molecular complexity index is 885. The van der Waals surface area contributed by atoms with Crippen LogP contribution in [0, 0.1) is 12.8 Å². The molecule has 2 aromatic rings. The molecule has 1 N–H and O–H groups in total. The van der Waals surface area contributed by atoms with Gasteiger partial charge >= 0.3 is 0 Å². The minimum atomic E-state index is -0.114. The van der Waals surface area contributed by atoms with Crippen LogP contribution in [-0.2, 0) is 4.79 Å². The molecule has 2 aromatic carbocycles. The van der Waals surface area contributed by atoms with E-state index in [1.54, 1.807) is 37.3 Å². The molecule has 0 atom stereocenters. The van der Waals surface area contributed by atoms with Gasteiger partial charge in [0.1, 0.15) is 11.5 Å². The minimum absolute atomic E-state index is 0.00125. The maximum Gasteiger partial charge on any atom is 0.254 e. The van der Waals surface area contributed by atoms with Crippen LogP contribution in [0.15, 0.2) is 40.9 Å². The average Bonchev–Trinajstić information content (AvgIpc) is 2.75. The van der Waals surface area contributed by atoms with Crippen molar-refractivity contribution in [3.8, 4) is 11.5 Å². The third-order valence-electron chi connectivity index (χ3n) is 5.21. The summed E-state index contributed by atoms with van der Waals surface area (Å²) in [4.78, 5) is 27.4. The number of ether oxygens (including phenoxy) is 2. The van der Waals surface area contributed by atoms with E-state index in [0.29, 0.717) is 43.0 Å². The number of piperidine rings is 1. The first kappa shape index (κ1) is 21.2. The summed E-state index contributed by atoms with van der Waals surface area (Å²) in [5.41, 5.74) is 2.35. The van der Waals surface area contributed by atoms with Gasteiger partial charge in [0.2, 0.25) is 5.91 Å². The van der Waals surface area contributed by atoms with Gasteiger partial charge in [0, 0.05) is 40.8 Å². The first-order valence-electron chi connectivity index (χ1n) is 9.50.